The molecule has 0 bridgehead atoms. The number of hydrogen-bond acceptors (Lipinski definition) is 3. The molecule has 1 rings (SSSR count). The van der Waals surface area contributed by atoms with E-state index in [4.69, 9.17) is 4.74 Å². The van der Waals surface area contributed by atoms with Crippen molar-refractivity contribution in [3.8, 4) is 0 Å². The Hall–Kier alpha value is -0.570. The number of rotatable bonds is 4. The van der Waals surface area contributed by atoms with Gasteiger partial charge in [-0.25, -0.2) is 0 Å². The van der Waals surface area contributed by atoms with E-state index in [1.807, 2.05) is 27.7 Å². The highest BCUT2D eigenvalue weighted by atomic mass is 16.6. The Kier molecular flexibility index (Phi) is 3.44. The van der Waals surface area contributed by atoms with E-state index in [-0.39, 0.29) is 12.0 Å². The van der Waals surface area contributed by atoms with Gasteiger partial charge < -0.3 is 10.1 Å². The van der Waals surface area contributed by atoms with Crippen LogP contribution >= 0.6 is 0 Å². The standard InChI is InChI=1S/C12H23NO2/c1-9(10(14)15-11(2,3)4)13-8-12(5)6-7-12/h9,13H,6-8H2,1-5H3. The van der Waals surface area contributed by atoms with Crippen LogP contribution in [0, 0.1) is 5.41 Å². The maximum atomic E-state index is 11.6. The molecule has 15 heavy (non-hydrogen) atoms. The van der Waals surface area contributed by atoms with Crippen molar-refractivity contribution in [3.63, 3.8) is 0 Å². The predicted molar refractivity (Wildman–Crippen MR) is 60.7 cm³/mol. The van der Waals surface area contributed by atoms with Gasteiger partial charge in [0.2, 0.25) is 0 Å². The molecule has 0 aromatic heterocycles. The first-order valence-electron chi connectivity index (χ1n) is 5.68. The lowest BCUT2D eigenvalue weighted by molar-refractivity contribution is -0.157. The van der Waals surface area contributed by atoms with Gasteiger partial charge in [-0.2, -0.15) is 0 Å². The molecular formula is C12H23NO2. The molecule has 3 nitrogen and oxygen atoms in total. The van der Waals surface area contributed by atoms with Crippen molar-refractivity contribution in [1.29, 1.82) is 0 Å². The second-order valence-electron chi connectivity index (χ2n) is 5.95. The van der Waals surface area contributed by atoms with Crippen molar-refractivity contribution in [3.05, 3.63) is 0 Å². The fourth-order valence-corrected chi connectivity index (χ4v) is 1.26. The van der Waals surface area contributed by atoms with Crippen molar-refractivity contribution in [2.75, 3.05) is 6.54 Å². The van der Waals surface area contributed by atoms with Crippen LogP contribution in [0.15, 0.2) is 0 Å². The zero-order chi connectivity index (χ0) is 11.7. The summed E-state index contributed by atoms with van der Waals surface area (Å²) < 4.78 is 5.28. The topological polar surface area (TPSA) is 38.3 Å². The molecule has 3 heteroatoms. The molecule has 1 fully saturated rings. The summed E-state index contributed by atoms with van der Waals surface area (Å²) in [4.78, 5) is 11.6. The molecule has 1 atom stereocenters. The van der Waals surface area contributed by atoms with Crippen molar-refractivity contribution < 1.29 is 9.53 Å². The summed E-state index contributed by atoms with van der Waals surface area (Å²) in [5.74, 6) is -0.160. The minimum Gasteiger partial charge on any atom is -0.459 e. The van der Waals surface area contributed by atoms with Crippen LogP contribution in [0.1, 0.15) is 47.5 Å². The van der Waals surface area contributed by atoms with Gasteiger partial charge in [0, 0.05) is 6.54 Å². The third-order valence-corrected chi connectivity index (χ3v) is 2.70. The van der Waals surface area contributed by atoms with Crippen LogP contribution in [-0.4, -0.2) is 24.2 Å². The van der Waals surface area contributed by atoms with Crippen LogP contribution in [0.25, 0.3) is 0 Å². The fourth-order valence-electron chi connectivity index (χ4n) is 1.26. The van der Waals surface area contributed by atoms with E-state index in [1.165, 1.54) is 12.8 Å². The number of hydrogen-bond donors (Lipinski definition) is 1. The highest BCUT2D eigenvalue weighted by Crippen LogP contribution is 2.44. The lowest BCUT2D eigenvalue weighted by Crippen LogP contribution is -2.41. The molecule has 0 saturated heterocycles. The molecule has 0 radical (unpaired) electrons. The van der Waals surface area contributed by atoms with Gasteiger partial charge in [-0.05, 0) is 46.0 Å². The van der Waals surface area contributed by atoms with E-state index in [2.05, 4.69) is 12.2 Å². The molecule has 1 aliphatic rings. The van der Waals surface area contributed by atoms with Gasteiger partial charge in [-0.1, -0.05) is 6.92 Å². The van der Waals surface area contributed by atoms with Gasteiger partial charge in [0.1, 0.15) is 11.6 Å². The number of ether oxygens (including phenoxy) is 1. The zero-order valence-corrected chi connectivity index (χ0v) is 10.5. The molecule has 0 spiro atoms. The summed E-state index contributed by atoms with van der Waals surface area (Å²) in [7, 11) is 0. The monoisotopic (exact) mass is 213 g/mol. The first-order chi connectivity index (χ1) is 6.72. The smallest absolute Gasteiger partial charge is 0.323 e. The van der Waals surface area contributed by atoms with Gasteiger partial charge in [0.15, 0.2) is 0 Å². The second kappa shape index (κ2) is 4.12. The van der Waals surface area contributed by atoms with Crippen LogP contribution in [0.3, 0.4) is 0 Å². The van der Waals surface area contributed by atoms with Crippen molar-refractivity contribution >= 4 is 5.97 Å². The molecule has 0 aliphatic heterocycles. The van der Waals surface area contributed by atoms with E-state index in [1.54, 1.807) is 0 Å². The average molecular weight is 213 g/mol. The second-order valence-corrected chi connectivity index (χ2v) is 5.95. The normalized spacial score (nSPS) is 20.9. The van der Waals surface area contributed by atoms with Crippen molar-refractivity contribution in [1.82, 2.24) is 5.32 Å². The Bertz CT molecular complexity index is 238. The maximum Gasteiger partial charge on any atom is 0.323 e. The van der Waals surface area contributed by atoms with E-state index in [0.717, 1.165) is 6.54 Å². The van der Waals surface area contributed by atoms with Crippen molar-refractivity contribution in [2.45, 2.75) is 59.1 Å². The minimum absolute atomic E-state index is 0.160. The maximum absolute atomic E-state index is 11.6. The summed E-state index contributed by atoms with van der Waals surface area (Å²) in [6.45, 7) is 10.7. The van der Waals surface area contributed by atoms with Gasteiger partial charge in [0.25, 0.3) is 0 Å². The SMILES string of the molecule is CC(NCC1(C)CC1)C(=O)OC(C)(C)C. The van der Waals surface area contributed by atoms with E-state index in [9.17, 15) is 4.79 Å². The van der Waals surface area contributed by atoms with Crippen LogP contribution in [0.5, 0.6) is 0 Å². The number of carbonyl (C=O) groups is 1. The Morgan fingerprint density at radius 1 is 1.47 bits per heavy atom. The predicted octanol–water partition coefficient (Wildman–Crippen LogP) is 2.11. The molecule has 88 valence electrons. The quantitative estimate of drug-likeness (QED) is 0.727. The minimum atomic E-state index is -0.392. The molecule has 1 aliphatic carbocycles. The first kappa shape index (κ1) is 12.5. The molecule has 0 aromatic rings. The summed E-state index contributed by atoms with van der Waals surface area (Å²) in [6.07, 6.45) is 2.53. The van der Waals surface area contributed by atoms with E-state index >= 15 is 0 Å². The highest BCUT2D eigenvalue weighted by Gasteiger charge is 2.37. The lowest BCUT2D eigenvalue weighted by Gasteiger charge is -2.23. The van der Waals surface area contributed by atoms with Crippen LogP contribution in [0.2, 0.25) is 0 Å². The third-order valence-electron chi connectivity index (χ3n) is 2.70. The molecule has 0 amide bonds. The van der Waals surface area contributed by atoms with E-state index in [0.29, 0.717) is 5.41 Å². The molecule has 1 N–H and O–H groups in total. The summed E-state index contributed by atoms with van der Waals surface area (Å²) in [5.41, 5.74) is 0.0345. The summed E-state index contributed by atoms with van der Waals surface area (Å²) >= 11 is 0. The average Bonchev–Trinajstić information content (AvgIpc) is 2.77. The largest absolute Gasteiger partial charge is 0.459 e. The van der Waals surface area contributed by atoms with Crippen LogP contribution in [-0.2, 0) is 9.53 Å². The summed E-state index contributed by atoms with van der Waals surface area (Å²) in [6, 6.07) is -0.207. The number of carbonyl (C=O) groups excluding carboxylic acids is 1. The van der Waals surface area contributed by atoms with Crippen LogP contribution < -0.4 is 5.32 Å². The van der Waals surface area contributed by atoms with Gasteiger partial charge >= 0.3 is 5.97 Å². The molecule has 0 heterocycles. The highest BCUT2D eigenvalue weighted by molar-refractivity contribution is 5.75. The van der Waals surface area contributed by atoms with E-state index < -0.39 is 5.60 Å². The van der Waals surface area contributed by atoms with Gasteiger partial charge in [-0.3, -0.25) is 4.79 Å². The summed E-state index contributed by atoms with van der Waals surface area (Å²) in [5, 5.41) is 3.23. The van der Waals surface area contributed by atoms with Crippen LogP contribution in [0.4, 0.5) is 0 Å². The Morgan fingerprint density at radius 3 is 2.40 bits per heavy atom. The Morgan fingerprint density at radius 2 is 2.00 bits per heavy atom. The van der Waals surface area contributed by atoms with Gasteiger partial charge in [-0.15, -0.1) is 0 Å². The molecular weight excluding hydrogens is 190 g/mol. The van der Waals surface area contributed by atoms with Gasteiger partial charge in [0.05, 0.1) is 0 Å². The third kappa shape index (κ3) is 4.65. The number of nitrogens with one attached hydrogen (secondary N) is 1. The first-order valence-corrected chi connectivity index (χ1v) is 5.68. The Balaban J connectivity index is 2.27. The van der Waals surface area contributed by atoms with Crippen molar-refractivity contribution in [2.24, 2.45) is 5.41 Å². The molecule has 1 unspecified atom stereocenters. The Labute approximate surface area is 92.6 Å². The molecule has 1 saturated carbocycles. The number of esters is 1. The lowest BCUT2D eigenvalue weighted by atomic mass is 10.1. The molecule has 0 aromatic carbocycles. The fraction of sp³-hybridized carbons (Fsp3) is 0.917. The zero-order valence-electron chi connectivity index (χ0n) is 10.5.